The third-order valence-electron chi connectivity index (χ3n) is 7.73. The maximum absolute atomic E-state index is 13.6. The number of pyridine rings is 2. The number of hydrogen-bond acceptors (Lipinski definition) is 7. The first-order chi connectivity index (χ1) is 20.0. The lowest BCUT2D eigenvalue weighted by Gasteiger charge is -2.20. The van der Waals surface area contributed by atoms with Gasteiger partial charge in [0.2, 0.25) is 5.91 Å². The summed E-state index contributed by atoms with van der Waals surface area (Å²) < 4.78 is 1.57. The van der Waals surface area contributed by atoms with Gasteiger partial charge in [0.25, 0.3) is 5.56 Å². The van der Waals surface area contributed by atoms with E-state index >= 15 is 0 Å². The van der Waals surface area contributed by atoms with Crippen LogP contribution in [0.2, 0.25) is 0 Å². The van der Waals surface area contributed by atoms with Crippen molar-refractivity contribution in [3.8, 4) is 0 Å². The Bertz CT molecular complexity index is 1800. The fraction of sp³-hybridized carbons (Fsp3) is 0.219. The van der Waals surface area contributed by atoms with Crippen LogP contribution < -0.4 is 21.9 Å². The molecule has 1 aliphatic rings. The lowest BCUT2D eigenvalue weighted by Crippen LogP contribution is -2.36. The average molecular weight is 655 g/mol. The van der Waals surface area contributed by atoms with Crippen LogP contribution in [0.5, 0.6) is 0 Å². The molecular weight excluding hydrogens is 621 g/mol. The number of nitrogen functional groups attached to an aromatic ring is 1. The number of nitrogens with one attached hydrogen (secondary N) is 2. The highest BCUT2D eigenvalue weighted by atomic mass is 35.5. The topological polar surface area (TPSA) is 128 Å². The van der Waals surface area contributed by atoms with Crippen molar-refractivity contribution in [1.82, 2.24) is 24.8 Å². The Hall–Kier alpha value is -4.18. The maximum atomic E-state index is 13.6. The van der Waals surface area contributed by atoms with Crippen LogP contribution in [0.15, 0.2) is 90.0 Å². The van der Waals surface area contributed by atoms with E-state index in [1.165, 1.54) is 0 Å². The lowest BCUT2D eigenvalue weighted by atomic mass is 9.93. The molecular formula is C32H34Cl3N7O2. The third-order valence-corrected chi connectivity index (χ3v) is 7.73. The van der Waals surface area contributed by atoms with Gasteiger partial charge >= 0.3 is 0 Å². The number of fused-ring (bicyclic) bond motifs is 2. The van der Waals surface area contributed by atoms with Crippen LogP contribution in [0.25, 0.3) is 10.8 Å². The monoisotopic (exact) mass is 653 g/mol. The van der Waals surface area contributed by atoms with Crippen molar-refractivity contribution >= 4 is 65.5 Å². The second-order valence-electron chi connectivity index (χ2n) is 10.3. The van der Waals surface area contributed by atoms with Gasteiger partial charge in [-0.05, 0) is 59.9 Å². The number of aromatic nitrogens is 4. The van der Waals surface area contributed by atoms with Crippen molar-refractivity contribution in [1.29, 1.82) is 0 Å². The maximum Gasteiger partial charge on any atom is 0.294 e. The molecule has 3 aromatic heterocycles. The minimum absolute atomic E-state index is 0. The summed E-state index contributed by atoms with van der Waals surface area (Å²) in [6, 6.07) is 23.4. The summed E-state index contributed by atoms with van der Waals surface area (Å²) in [5.74, 6) is 0.332. The predicted octanol–water partition coefficient (Wildman–Crippen LogP) is 5.39. The van der Waals surface area contributed by atoms with E-state index in [1.807, 2.05) is 43.3 Å². The van der Waals surface area contributed by atoms with Gasteiger partial charge in [-0.15, -0.1) is 37.2 Å². The quantitative estimate of drug-likeness (QED) is 0.205. The number of rotatable bonds is 8. The van der Waals surface area contributed by atoms with Gasteiger partial charge in [0.15, 0.2) is 5.82 Å². The SMILES string of the molecule is Cc1nc(N)ccc1CNC(=O)[C@@H]1CCc2cnc(NC[C@@H](c3ccc4ccccc4c3)c3ccccn3)c(=O)n21.Cl.Cl.Cl. The number of anilines is 2. The Kier molecular flexibility index (Phi) is 11.7. The zero-order valence-corrected chi connectivity index (χ0v) is 26.4. The summed E-state index contributed by atoms with van der Waals surface area (Å²) in [5.41, 5.74) is 9.81. The second-order valence-corrected chi connectivity index (χ2v) is 10.3. The molecule has 9 nitrogen and oxygen atoms in total. The number of carbonyl (C=O) groups excluding carboxylic acids is 1. The molecule has 0 unspecified atom stereocenters. The molecule has 2 aromatic carbocycles. The Balaban J connectivity index is 0.00000176. The smallest absolute Gasteiger partial charge is 0.294 e. The number of aryl methyl sites for hydroxylation is 2. The first-order valence-electron chi connectivity index (χ1n) is 13.7. The van der Waals surface area contributed by atoms with Crippen LogP contribution >= 0.6 is 37.2 Å². The molecule has 4 N–H and O–H groups in total. The van der Waals surface area contributed by atoms with Crippen LogP contribution in [-0.2, 0) is 17.8 Å². The summed E-state index contributed by atoms with van der Waals surface area (Å²) in [4.78, 5) is 40.1. The minimum Gasteiger partial charge on any atom is -0.384 e. The van der Waals surface area contributed by atoms with Gasteiger partial charge in [0.1, 0.15) is 11.9 Å². The van der Waals surface area contributed by atoms with Crippen LogP contribution in [0.1, 0.15) is 46.6 Å². The third kappa shape index (κ3) is 7.13. The van der Waals surface area contributed by atoms with Gasteiger partial charge < -0.3 is 16.4 Å². The molecule has 0 radical (unpaired) electrons. The Morgan fingerprint density at radius 2 is 1.77 bits per heavy atom. The molecule has 1 amide bonds. The molecule has 12 heteroatoms. The van der Waals surface area contributed by atoms with Crippen molar-refractivity contribution < 1.29 is 4.79 Å². The molecule has 0 bridgehead atoms. The number of nitrogens with zero attached hydrogens (tertiary/aromatic N) is 4. The van der Waals surface area contributed by atoms with E-state index in [4.69, 9.17) is 5.73 Å². The Labute approximate surface area is 274 Å². The van der Waals surface area contributed by atoms with E-state index in [0.717, 1.165) is 39.0 Å². The largest absolute Gasteiger partial charge is 0.384 e. The Morgan fingerprint density at radius 1 is 1.00 bits per heavy atom. The van der Waals surface area contributed by atoms with Crippen molar-refractivity contribution in [2.75, 3.05) is 17.6 Å². The number of nitrogens with two attached hydrogens (primary N) is 1. The van der Waals surface area contributed by atoms with Crippen molar-refractivity contribution in [2.45, 2.75) is 38.3 Å². The van der Waals surface area contributed by atoms with Gasteiger partial charge in [0, 0.05) is 48.5 Å². The number of halogens is 3. The molecule has 5 aromatic rings. The van der Waals surface area contributed by atoms with Crippen LogP contribution in [0.3, 0.4) is 0 Å². The standard InChI is InChI=1S/C32H31N7O2.3ClH/c1-20-24(11-14-29(33)38-20)17-37-31(40)28-13-12-25-18-35-30(32(41)39(25)28)36-19-26(27-8-4-5-15-34-27)23-10-9-21-6-2-3-7-22(21)16-23;;;/h2-11,14-16,18,26,28H,12-13,17,19H2,1H3,(H2,33,38)(H,35,36)(H,37,40);3*1H/t26-,28-;;;/m0.../s1. The van der Waals surface area contributed by atoms with Gasteiger partial charge in [-0.25, -0.2) is 9.97 Å². The van der Waals surface area contributed by atoms with E-state index in [9.17, 15) is 9.59 Å². The molecule has 6 rings (SSSR count). The molecule has 0 saturated carbocycles. The summed E-state index contributed by atoms with van der Waals surface area (Å²) in [6.45, 7) is 2.58. The summed E-state index contributed by atoms with van der Waals surface area (Å²) in [5, 5.41) is 8.55. The van der Waals surface area contributed by atoms with Gasteiger partial charge in [-0.1, -0.05) is 54.6 Å². The molecule has 4 heterocycles. The first-order valence-corrected chi connectivity index (χ1v) is 13.7. The molecule has 0 spiro atoms. The molecule has 230 valence electrons. The zero-order valence-electron chi connectivity index (χ0n) is 24.0. The summed E-state index contributed by atoms with van der Waals surface area (Å²) in [6.07, 6.45) is 4.61. The summed E-state index contributed by atoms with van der Waals surface area (Å²) >= 11 is 0. The van der Waals surface area contributed by atoms with Crippen molar-refractivity contribution in [3.63, 3.8) is 0 Å². The molecule has 0 fully saturated rings. The highest BCUT2D eigenvalue weighted by Gasteiger charge is 2.31. The number of carbonyl (C=O) groups is 1. The normalized spacial score (nSPS) is 13.9. The number of hydrogen-bond donors (Lipinski definition) is 3. The van der Waals surface area contributed by atoms with Crippen LogP contribution in [0.4, 0.5) is 11.6 Å². The molecule has 1 aliphatic heterocycles. The van der Waals surface area contributed by atoms with E-state index in [2.05, 4.69) is 55.9 Å². The highest BCUT2D eigenvalue weighted by molar-refractivity contribution is 5.86. The molecule has 2 atom stereocenters. The number of amides is 1. The van der Waals surface area contributed by atoms with Crippen molar-refractivity contribution in [3.05, 3.63) is 124 Å². The second kappa shape index (κ2) is 15.0. The van der Waals surface area contributed by atoms with Crippen LogP contribution in [0, 0.1) is 6.92 Å². The first kappa shape index (κ1) is 34.3. The van der Waals surface area contributed by atoms with E-state index < -0.39 is 6.04 Å². The highest BCUT2D eigenvalue weighted by Crippen LogP contribution is 2.28. The fourth-order valence-corrected chi connectivity index (χ4v) is 5.51. The fourth-order valence-electron chi connectivity index (χ4n) is 5.51. The predicted molar refractivity (Wildman–Crippen MR) is 181 cm³/mol. The Morgan fingerprint density at radius 3 is 2.52 bits per heavy atom. The van der Waals surface area contributed by atoms with E-state index in [-0.39, 0.29) is 60.4 Å². The van der Waals surface area contributed by atoms with Gasteiger partial charge in [0.05, 0.1) is 0 Å². The zero-order chi connectivity index (χ0) is 28.3. The van der Waals surface area contributed by atoms with Gasteiger partial charge in [-0.3, -0.25) is 19.1 Å². The molecule has 0 saturated heterocycles. The molecule has 44 heavy (non-hydrogen) atoms. The van der Waals surface area contributed by atoms with Crippen molar-refractivity contribution in [2.24, 2.45) is 0 Å². The van der Waals surface area contributed by atoms with Crippen LogP contribution in [-0.4, -0.2) is 32.0 Å². The summed E-state index contributed by atoms with van der Waals surface area (Å²) in [7, 11) is 0. The minimum atomic E-state index is -0.602. The van der Waals surface area contributed by atoms with E-state index in [0.29, 0.717) is 31.7 Å². The number of benzene rings is 2. The average Bonchev–Trinajstić information content (AvgIpc) is 3.43. The molecule has 0 aliphatic carbocycles. The van der Waals surface area contributed by atoms with E-state index in [1.54, 1.807) is 23.0 Å². The lowest BCUT2D eigenvalue weighted by molar-refractivity contribution is -0.124. The van der Waals surface area contributed by atoms with Gasteiger partial charge in [-0.2, -0.15) is 0 Å².